The summed E-state index contributed by atoms with van der Waals surface area (Å²) in [4.78, 5) is 11.4. The Morgan fingerprint density at radius 3 is 2.55 bits per heavy atom. The Morgan fingerprint density at radius 1 is 1.30 bits per heavy atom. The van der Waals surface area contributed by atoms with Gasteiger partial charge in [-0.05, 0) is 19.8 Å². The Morgan fingerprint density at radius 2 is 1.95 bits per heavy atom. The highest BCUT2D eigenvalue weighted by atomic mass is 19.4. The molecular formula is C13H23F3N2O2. The summed E-state index contributed by atoms with van der Waals surface area (Å²) in [7, 11) is 0. The number of carbonyl (C=O) groups excluding carboxylic acids is 1. The number of alkyl halides is 3. The van der Waals surface area contributed by atoms with Gasteiger partial charge in [-0.3, -0.25) is 4.79 Å². The first-order valence-corrected chi connectivity index (χ1v) is 7.08. The Kier molecular flexibility index (Phi) is 7.29. The molecule has 0 bridgehead atoms. The number of hydrogen-bond donors (Lipinski definition) is 2. The van der Waals surface area contributed by atoms with Crippen LogP contribution >= 0.6 is 0 Å². The largest absolute Gasteiger partial charge is 0.405 e. The minimum absolute atomic E-state index is 0.292. The predicted octanol–water partition coefficient (Wildman–Crippen LogP) is 1.99. The number of ether oxygens (including phenoxy) is 1. The van der Waals surface area contributed by atoms with E-state index in [9.17, 15) is 18.0 Å². The lowest BCUT2D eigenvalue weighted by Crippen LogP contribution is -2.46. The second kappa shape index (κ2) is 8.46. The molecule has 1 fully saturated rings. The van der Waals surface area contributed by atoms with Crippen LogP contribution in [0.2, 0.25) is 0 Å². The molecule has 1 unspecified atom stereocenters. The molecule has 0 aromatic heterocycles. The standard InChI is InChI=1S/C13H23F3N2O2/c1-10(12(19)18-9-13(14,15)16)17-7-8-20-11-5-3-2-4-6-11/h10-11,17H,2-9H2,1H3,(H,18,19). The molecule has 0 saturated heterocycles. The third-order valence-corrected chi connectivity index (χ3v) is 3.31. The van der Waals surface area contributed by atoms with E-state index in [2.05, 4.69) is 5.32 Å². The van der Waals surface area contributed by atoms with Crippen LogP contribution < -0.4 is 10.6 Å². The Bertz CT molecular complexity index is 292. The van der Waals surface area contributed by atoms with Crippen molar-refractivity contribution in [3.63, 3.8) is 0 Å². The Hall–Kier alpha value is -0.820. The molecule has 1 aliphatic carbocycles. The number of carbonyl (C=O) groups is 1. The van der Waals surface area contributed by atoms with Crippen molar-refractivity contribution in [3.05, 3.63) is 0 Å². The molecule has 7 heteroatoms. The number of hydrogen-bond acceptors (Lipinski definition) is 3. The highest BCUT2D eigenvalue weighted by Gasteiger charge is 2.28. The molecule has 0 aromatic carbocycles. The molecule has 0 aliphatic heterocycles. The van der Waals surface area contributed by atoms with E-state index in [1.54, 1.807) is 0 Å². The molecular weight excluding hydrogens is 273 g/mol. The van der Waals surface area contributed by atoms with Gasteiger partial charge in [0.25, 0.3) is 0 Å². The van der Waals surface area contributed by atoms with E-state index < -0.39 is 24.7 Å². The lowest BCUT2D eigenvalue weighted by atomic mass is 9.98. The summed E-state index contributed by atoms with van der Waals surface area (Å²) in [6.07, 6.45) is 1.69. The summed E-state index contributed by atoms with van der Waals surface area (Å²) in [6.45, 7) is 1.17. The summed E-state index contributed by atoms with van der Waals surface area (Å²) in [6, 6.07) is -0.660. The van der Waals surface area contributed by atoms with Crippen LogP contribution in [0.5, 0.6) is 0 Å². The number of rotatable bonds is 7. The number of amides is 1. The highest BCUT2D eigenvalue weighted by Crippen LogP contribution is 2.19. The van der Waals surface area contributed by atoms with Gasteiger partial charge < -0.3 is 15.4 Å². The first-order chi connectivity index (χ1) is 9.38. The molecule has 1 saturated carbocycles. The van der Waals surface area contributed by atoms with E-state index in [-0.39, 0.29) is 0 Å². The summed E-state index contributed by atoms with van der Waals surface area (Å²) in [5.41, 5.74) is 0. The molecule has 1 aliphatic rings. The van der Waals surface area contributed by atoms with Crippen molar-refractivity contribution < 1.29 is 22.7 Å². The first kappa shape index (κ1) is 17.2. The highest BCUT2D eigenvalue weighted by molar-refractivity contribution is 5.81. The summed E-state index contributed by atoms with van der Waals surface area (Å²) >= 11 is 0. The number of nitrogens with one attached hydrogen (secondary N) is 2. The van der Waals surface area contributed by atoms with Gasteiger partial charge in [0.2, 0.25) is 5.91 Å². The van der Waals surface area contributed by atoms with Gasteiger partial charge in [-0.15, -0.1) is 0 Å². The lowest BCUT2D eigenvalue weighted by molar-refractivity contribution is -0.139. The Labute approximate surface area is 117 Å². The number of halogens is 3. The molecule has 118 valence electrons. The predicted molar refractivity (Wildman–Crippen MR) is 69.4 cm³/mol. The third kappa shape index (κ3) is 7.69. The summed E-state index contributed by atoms with van der Waals surface area (Å²) in [5, 5.41) is 4.70. The van der Waals surface area contributed by atoms with Gasteiger partial charge in [0, 0.05) is 6.54 Å². The zero-order valence-electron chi connectivity index (χ0n) is 11.8. The van der Waals surface area contributed by atoms with Crippen LogP contribution in [-0.4, -0.2) is 43.9 Å². The van der Waals surface area contributed by atoms with Crippen LogP contribution in [0.3, 0.4) is 0 Å². The normalized spacial score (nSPS) is 18.8. The van der Waals surface area contributed by atoms with Crippen LogP contribution in [-0.2, 0) is 9.53 Å². The van der Waals surface area contributed by atoms with Crippen LogP contribution in [0.25, 0.3) is 0 Å². The fourth-order valence-electron chi connectivity index (χ4n) is 2.17. The van der Waals surface area contributed by atoms with E-state index >= 15 is 0 Å². The average molecular weight is 296 g/mol. The molecule has 0 spiro atoms. The topological polar surface area (TPSA) is 50.4 Å². The van der Waals surface area contributed by atoms with Gasteiger partial charge in [-0.2, -0.15) is 13.2 Å². The average Bonchev–Trinajstić information content (AvgIpc) is 2.41. The van der Waals surface area contributed by atoms with Gasteiger partial charge in [0.1, 0.15) is 6.54 Å². The summed E-state index contributed by atoms with van der Waals surface area (Å²) < 4.78 is 41.5. The van der Waals surface area contributed by atoms with Gasteiger partial charge in [0.05, 0.1) is 18.8 Å². The van der Waals surface area contributed by atoms with Crippen molar-refractivity contribution in [2.75, 3.05) is 19.7 Å². The molecule has 1 amide bonds. The van der Waals surface area contributed by atoms with E-state index in [0.717, 1.165) is 12.8 Å². The van der Waals surface area contributed by atoms with E-state index in [1.807, 2.05) is 5.32 Å². The van der Waals surface area contributed by atoms with Gasteiger partial charge in [0.15, 0.2) is 0 Å². The first-order valence-electron chi connectivity index (χ1n) is 7.08. The van der Waals surface area contributed by atoms with Crippen LogP contribution in [0.1, 0.15) is 39.0 Å². The molecule has 4 nitrogen and oxygen atoms in total. The van der Waals surface area contributed by atoms with Crippen LogP contribution in [0.4, 0.5) is 13.2 Å². The fraction of sp³-hybridized carbons (Fsp3) is 0.923. The molecule has 1 atom stereocenters. The van der Waals surface area contributed by atoms with E-state index in [1.165, 1.54) is 26.2 Å². The van der Waals surface area contributed by atoms with Gasteiger partial charge in [-0.25, -0.2) is 0 Å². The minimum atomic E-state index is -4.38. The maximum absolute atomic E-state index is 11.9. The van der Waals surface area contributed by atoms with Gasteiger partial charge >= 0.3 is 6.18 Å². The molecule has 1 rings (SSSR count). The SMILES string of the molecule is CC(NCCOC1CCCCC1)C(=O)NCC(F)(F)F. The molecule has 20 heavy (non-hydrogen) atoms. The van der Waals surface area contributed by atoms with E-state index in [4.69, 9.17) is 4.74 Å². The minimum Gasteiger partial charge on any atom is -0.377 e. The molecule has 0 heterocycles. The Balaban J connectivity index is 2.06. The fourth-order valence-corrected chi connectivity index (χ4v) is 2.17. The molecule has 0 aromatic rings. The summed E-state index contributed by atoms with van der Waals surface area (Å²) in [5.74, 6) is -0.653. The molecule has 2 N–H and O–H groups in total. The zero-order valence-corrected chi connectivity index (χ0v) is 11.8. The third-order valence-electron chi connectivity index (χ3n) is 3.31. The maximum Gasteiger partial charge on any atom is 0.405 e. The lowest BCUT2D eigenvalue weighted by Gasteiger charge is -2.22. The second-order valence-electron chi connectivity index (χ2n) is 5.14. The maximum atomic E-state index is 11.9. The van der Waals surface area contributed by atoms with Crippen molar-refractivity contribution >= 4 is 5.91 Å². The van der Waals surface area contributed by atoms with E-state index in [0.29, 0.717) is 19.3 Å². The van der Waals surface area contributed by atoms with Crippen molar-refractivity contribution in [1.82, 2.24) is 10.6 Å². The van der Waals surface area contributed by atoms with Crippen molar-refractivity contribution in [1.29, 1.82) is 0 Å². The van der Waals surface area contributed by atoms with Crippen molar-refractivity contribution in [2.24, 2.45) is 0 Å². The molecule has 0 radical (unpaired) electrons. The van der Waals surface area contributed by atoms with Crippen LogP contribution in [0, 0.1) is 0 Å². The zero-order chi connectivity index (χ0) is 15.0. The monoisotopic (exact) mass is 296 g/mol. The van der Waals surface area contributed by atoms with Crippen LogP contribution in [0.15, 0.2) is 0 Å². The van der Waals surface area contributed by atoms with Crippen molar-refractivity contribution in [2.45, 2.75) is 57.3 Å². The van der Waals surface area contributed by atoms with Gasteiger partial charge in [-0.1, -0.05) is 19.3 Å². The second-order valence-corrected chi connectivity index (χ2v) is 5.14. The smallest absolute Gasteiger partial charge is 0.377 e. The quantitative estimate of drug-likeness (QED) is 0.706. The van der Waals surface area contributed by atoms with Crippen molar-refractivity contribution in [3.8, 4) is 0 Å².